The summed E-state index contributed by atoms with van der Waals surface area (Å²) in [5, 5.41) is 4.13. The molecule has 0 N–H and O–H groups in total. The molecular weight excluding hydrogens is 242 g/mol. The molecule has 0 bridgehead atoms. The van der Waals surface area contributed by atoms with Crippen molar-refractivity contribution in [3.63, 3.8) is 0 Å². The number of rotatable bonds is 4. The monoisotopic (exact) mass is 259 g/mol. The number of benzene rings is 1. The van der Waals surface area contributed by atoms with Crippen LogP contribution in [0.5, 0.6) is 5.75 Å². The molecule has 0 amide bonds. The summed E-state index contributed by atoms with van der Waals surface area (Å²) in [6, 6.07) is 7.76. The van der Waals surface area contributed by atoms with E-state index in [1.165, 1.54) is 9.25 Å². The summed E-state index contributed by atoms with van der Waals surface area (Å²) in [4.78, 5) is 11.5. The van der Waals surface area contributed by atoms with Crippen LogP contribution in [0.4, 0.5) is 0 Å². The number of aromatic nitrogens is 3. The zero-order valence-electron chi connectivity index (χ0n) is 11.3. The lowest BCUT2D eigenvalue weighted by atomic mass is 10.2. The van der Waals surface area contributed by atoms with E-state index in [0.717, 1.165) is 11.3 Å². The van der Waals surface area contributed by atoms with Crippen LogP contribution in [0.1, 0.15) is 18.3 Å². The fourth-order valence-electron chi connectivity index (χ4n) is 1.74. The Labute approximate surface area is 111 Å². The highest BCUT2D eigenvalue weighted by Crippen LogP contribution is 2.13. The van der Waals surface area contributed by atoms with Crippen LogP contribution in [0.15, 0.2) is 29.1 Å². The van der Waals surface area contributed by atoms with Gasteiger partial charge in [-0.3, -0.25) is 4.57 Å². The summed E-state index contributed by atoms with van der Waals surface area (Å²) < 4.78 is 8.20. The quantitative estimate of drug-likeness (QED) is 0.839. The van der Waals surface area contributed by atoms with Gasteiger partial charge in [0.05, 0.1) is 6.61 Å². The van der Waals surface area contributed by atoms with E-state index >= 15 is 0 Å². The summed E-state index contributed by atoms with van der Waals surface area (Å²) in [5.41, 5.74) is 0.896. The third-order valence-corrected chi connectivity index (χ3v) is 2.78. The minimum absolute atomic E-state index is 0.133. The van der Waals surface area contributed by atoms with Gasteiger partial charge in [-0.2, -0.15) is 5.10 Å². The van der Waals surface area contributed by atoms with Crippen molar-refractivity contribution in [1.29, 1.82) is 0 Å². The maximum atomic E-state index is 11.5. The minimum atomic E-state index is -0.133. The van der Waals surface area contributed by atoms with Gasteiger partial charge >= 0.3 is 5.69 Å². The lowest BCUT2D eigenvalue weighted by Crippen LogP contribution is -2.20. The largest absolute Gasteiger partial charge is 0.494 e. The van der Waals surface area contributed by atoms with E-state index in [1.807, 2.05) is 43.3 Å². The molecule has 1 aromatic heterocycles. The number of aryl methyl sites for hydroxylation is 1. The number of ether oxygens (including phenoxy) is 1. The van der Waals surface area contributed by atoms with Crippen molar-refractivity contribution in [3.05, 3.63) is 46.1 Å². The van der Waals surface area contributed by atoms with Crippen LogP contribution in [0.3, 0.4) is 0 Å². The molecule has 0 aliphatic rings. The van der Waals surface area contributed by atoms with Gasteiger partial charge in [-0.15, -0.1) is 0 Å². The van der Waals surface area contributed by atoms with Crippen molar-refractivity contribution in [3.8, 4) is 5.75 Å². The van der Waals surface area contributed by atoms with Gasteiger partial charge < -0.3 is 4.74 Å². The molecule has 0 aliphatic heterocycles. The fraction of sp³-hybridized carbons (Fsp3) is 0.286. The first-order chi connectivity index (χ1) is 9.11. The molecule has 0 saturated carbocycles. The molecule has 0 unspecified atom stereocenters. The van der Waals surface area contributed by atoms with E-state index in [1.54, 1.807) is 14.1 Å². The summed E-state index contributed by atoms with van der Waals surface area (Å²) in [5.74, 6) is 1.48. The predicted octanol–water partition coefficient (Wildman–Crippen LogP) is 1.69. The summed E-state index contributed by atoms with van der Waals surface area (Å²) >= 11 is 0. The number of hydrogen-bond acceptors (Lipinski definition) is 3. The minimum Gasteiger partial charge on any atom is -0.494 e. The van der Waals surface area contributed by atoms with Crippen LogP contribution < -0.4 is 10.4 Å². The van der Waals surface area contributed by atoms with E-state index in [9.17, 15) is 4.79 Å². The Morgan fingerprint density at radius 1 is 1.21 bits per heavy atom. The SMILES string of the molecule is CCOc1ccc(/C=C/c2nn(C)c(=O)n2C)cc1. The predicted molar refractivity (Wildman–Crippen MR) is 75.0 cm³/mol. The summed E-state index contributed by atoms with van der Waals surface area (Å²) in [7, 11) is 3.34. The molecule has 19 heavy (non-hydrogen) atoms. The van der Waals surface area contributed by atoms with Crippen molar-refractivity contribution in [1.82, 2.24) is 14.3 Å². The van der Waals surface area contributed by atoms with Crippen molar-refractivity contribution in [2.75, 3.05) is 6.61 Å². The molecular formula is C14H17N3O2. The molecule has 0 aliphatic carbocycles. The maximum Gasteiger partial charge on any atom is 0.345 e. The summed E-state index contributed by atoms with van der Waals surface area (Å²) in [6.07, 6.45) is 3.73. The second-order valence-electron chi connectivity index (χ2n) is 4.16. The van der Waals surface area contributed by atoms with Crippen molar-refractivity contribution >= 4 is 12.2 Å². The first-order valence-corrected chi connectivity index (χ1v) is 6.12. The molecule has 2 rings (SSSR count). The van der Waals surface area contributed by atoms with Gasteiger partial charge in [0.1, 0.15) is 5.75 Å². The van der Waals surface area contributed by atoms with E-state index < -0.39 is 0 Å². The lowest BCUT2D eigenvalue weighted by Gasteiger charge is -2.02. The third-order valence-electron chi connectivity index (χ3n) is 2.78. The van der Waals surface area contributed by atoms with E-state index in [2.05, 4.69) is 5.10 Å². The zero-order chi connectivity index (χ0) is 13.8. The van der Waals surface area contributed by atoms with Gasteiger partial charge in [-0.25, -0.2) is 9.48 Å². The molecule has 0 atom stereocenters. The Morgan fingerprint density at radius 3 is 2.42 bits per heavy atom. The Hall–Kier alpha value is -2.30. The Bertz CT molecular complexity index is 636. The first kappa shape index (κ1) is 13.1. The smallest absolute Gasteiger partial charge is 0.345 e. The third kappa shape index (κ3) is 2.93. The first-order valence-electron chi connectivity index (χ1n) is 6.12. The van der Waals surface area contributed by atoms with Crippen LogP contribution in [-0.4, -0.2) is 21.0 Å². The maximum absolute atomic E-state index is 11.5. The molecule has 2 aromatic rings. The molecule has 0 spiro atoms. The highest BCUT2D eigenvalue weighted by molar-refractivity contribution is 5.66. The molecule has 1 heterocycles. The lowest BCUT2D eigenvalue weighted by molar-refractivity contribution is 0.340. The van der Waals surface area contributed by atoms with Gasteiger partial charge in [0.2, 0.25) is 0 Å². The Balaban J connectivity index is 2.18. The van der Waals surface area contributed by atoms with Crippen LogP contribution >= 0.6 is 0 Å². The van der Waals surface area contributed by atoms with Crippen LogP contribution in [-0.2, 0) is 14.1 Å². The zero-order valence-corrected chi connectivity index (χ0v) is 11.3. The average Bonchev–Trinajstić information content (AvgIpc) is 2.66. The Morgan fingerprint density at radius 2 is 1.89 bits per heavy atom. The normalized spacial score (nSPS) is 11.1. The highest BCUT2D eigenvalue weighted by atomic mass is 16.5. The molecule has 0 radical (unpaired) electrons. The van der Waals surface area contributed by atoms with Gasteiger partial charge in [-0.1, -0.05) is 18.2 Å². The number of hydrogen-bond donors (Lipinski definition) is 0. The van der Waals surface area contributed by atoms with Crippen LogP contribution in [0.2, 0.25) is 0 Å². The van der Waals surface area contributed by atoms with Gasteiger partial charge in [0.15, 0.2) is 5.82 Å². The second-order valence-corrected chi connectivity index (χ2v) is 4.16. The average molecular weight is 259 g/mol. The fourth-order valence-corrected chi connectivity index (χ4v) is 1.74. The van der Waals surface area contributed by atoms with Crippen molar-refractivity contribution in [2.24, 2.45) is 14.1 Å². The van der Waals surface area contributed by atoms with Gasteiger partial charge in [0.25, 0.3) is 0 Å². The molecule has 0 fully saturated rings. The topological polar surface area (TPSA) is 49.1 Å². The Kier molecular flexibility index (Phi) is 3.85. The number of nitrogens with zero attached hydrogens (tertiary/aromatic N) is 3. The van der Waals surface area contributed by atoms with E-state index in [4.69, 9.17) is 4.74 Å². The molecule has 5 nitrogen and oxygen atoms in total. The van der Waals surface area contributed by atoms with E-state index in [-0.39, 0.29) is 5.69 Å². The second kappa shape index (κ2) is 5.56. The standard InChI is InChI=1S/C14H17N3O2/c1-4-19-12-8-5-11(6-9-12)7-10-13-15-17(3)14(18)16(13)2/h5-10H,4H2,1-3H3/b10-7+. The molecule has 100 valence electrons. The highest BCUT2D eigenvalue weighted by Gasteiger charge is 2.03. The van der Waals surface area contributed by atoms with Crippen molar-refractivity contribution < 1.29 is 4.74 Å². The molecule has 1 aromatic carbocycles. The van der Waals surface area contributed by atoms with Crippen LogP contribution in [0, 0.1) is 0 Å². The van der Waals surface area contributed by atoms with Crippen LogP contribution in [0.25, 0.3) is 12.2 Å². The van der Waals surface area contributed by atoms with Gasteiger partial charge in [0, 0.05) is 14.1 Å². The molecule has 5 heteroatoms. The molecule has 0 saturated heterocycles. The van der Waals surface area contributed by atoms with Crippen molar-refractivity contribution in [2.45, 2.75) is 6.92 Å². The van der Waals surface area contributed by atoms with Gasteiger partial charge in [-0.05, 0) is 30.7 Å². The van der Waals surface area contributed by atoms with E-state index in [0.29, 0.717) is 12.4 Å². The summed E-state index contributed by atoms with van der Waals surface area (Å²) in [6.45, 7) is 2.61.